The molecule has 0 saturated heterocycles. The molecule has 0 unspecified atom stereocenters. The average molecular weight is 505 g/mol. The molecule has 0 aliphatic carbocycles. The SMILES string of the molecule is O=Cc1ccc2c(NC(=O)c3cc(-c4ncccn4)c(C(F)(F)F)cc3F)n(-c3ccccc3)nc2c1. The van der Waals surface area contributed by atoms with Gasteiger partial charge < -0.3 is 5.32 Å². The topological polar surface area (TPSA) is 89.8 Å². The first kappa shape index (κ1) is 23.8. The number of amides is 1. The largest absolute Gasteiger partial charge is 0.417 e. The molecule has 0 aliphatic heterocycles. The standard InChI is InChI=1S/C26H15F4N5O2/c27-21-13-20(26(28,29)30)18(23-31-9-4-10-32-23)12-19(21)25(37)33-24-17-8-7-15(14-36)11-22(17)34-35(24)16-5-2-1-3-6-16/h1-14H,(H,33,37). The third kappa shape index (κ3) is 4.54. The maximum absolute atomic E-state index is 14.9. The number of aldehydes is 1. The predicted molar refractivity (Wildman–Crippen MR) is 127 cm³/mol. The van der Waals surface area contributed by atoms with Gasteiger partial charge in [-0.15, -0.1) is 0 Å². The number of aromatic nitrogens is 4. The second-order valence-electron chi connectivity index (χ2n) is 7.89. The van der Waals surface area contributed by atoms with Crippen LogP contribution in [0.5, 0.6) is 0 Å². The second-order valence-corrected chi connectivity index (χ2v) is 7.89. The first-order valence-corrected chi connectivity index (χ1v) is 10.8. The summed E-state index contributed by atoms with van der Waals surface area (Å²) in [7, 11) is 0. The average Bonchev–Trinajstić information content (AvgIpc) is 3.26. The number of carbonyl (C=O) groups excluding carboxylic acids is 2. The van der Waals surface area contributed by atoms with Gasteiger partial charge in [-0.05, 0) is 42.5 Å². The van der Waals surface area contributed by atoms with Crippen molar-refractivity contribution in [1.82, 2.24) is 19.7 Å². The van der Waals surface area contributed by atoms with E-state index >= 15 is 0 Å². The molecule has 0 aliphatic rings. The number of para-hydroxylation sites is 1. The molecule has 0 spiro atoms. The Bertz CT molecular complexity index is 1630. The maximum Gasteiger partial charge on any atom is 0.417 e. The smallest absolute Gasteiger partial charge is 0.306 e. The molecule has 1 amide bonds. The Balaban J connectivity index is 1.64. The van der Waals surface area contributed by atoms with Crippen molar-refractivity contribution in [2.24, 2.45) is 0 Å². The molecule has 0 atom stereocenters. The van der Waals surface area contributed by atoms with Crippen molar-refractivity contribution in [3.05, 3.63) is 102 Å². The Morgan fingerprint density at radius 1 is 0.946 bits per heavy atom. The van der Waals surface area contributed by atoms with E-state index < -0.39 is 34.6 Å². The third-order valence-electron chi connectivity index (χ3n) is 5.53. The zero-order valence-electron chi connectivity index (χ0n) is 18.7. The van der Waals surface area contributed by atoms with Crippen LogP contribution in [0.2, 0.25) is 0 Å². The lowest BCUT2D eigenvalue weighted by atomic mass is 10.0. The van der Waals surface area contributed by atoms with E-state index in [0.717, 1.165) is 6.07 Å². The fourth-order valence-corrected chi connectivity index (χ4v) is 3.83. The van der Waals surface area contributed by atoms with Gasteiger partial charge >= 0.3 is 6.18 Å². The first-order valence-electron chi connectivity index (χ1n) is 10.8. The number of hydrogen-bond donors (Lipinski definition) is 1. The normalized spacial score (nSPS) is 11.5. The van der Waals surface area contributed by atoms with Crippen LogP contribution in [0.25, 0.3) is 28.0 Å². The maximum atomic E-state index is 14.9. The number of halogens is 4. The van der Waals surface area contributed by atoms with Gasteiger partial charge in [-0.2, -0.15) is 18.3 Å². The minimum absolute atomic E-state index is 0.139. The number of anilines is 1. The van der Waals surface area contributed by atoms with Gasteiger partial charge in [0.1, 0.15) is 17.9 Å². The minimum Gasteiger partial charge on any atom is -0.306 e. The van der Waals surface area contributed by atoms with E-state index in [1.54, 1.807) is 36.4 Å². The van der Waals surface area contributed by atoms with Crippen molar-refractivity contribution in [3.8, 4) is 17.1 Å². The molecule has 1 N–H and O–H groups in total. The van der Waals surface area contributed by atoms with E-state index in [4.69, 9.17) is 0 Å². The number of alkyl halides is 3. The fourth-order valence-electron chi connectivity index (χ4n) is 3.83. The van der Waals surface area contributed by atoms with Gasteiger partial charge in [0.05, 0.1) is 22.3 Å². The van der Waals surface area contributed by atoms with E-state index in [2.05, 4.69) is 20.4 Å². The molecule has 0 fully saturated rings. The second kappa shape index (κ2) is 9.26. The fraction of sp³-hybridized carbons (Fsp3) is 0.0385. The molecule has 5 rings (SSSR count). The number of carbonyl (C=O) groups is 2. The molecule has 11 heteroatoms. The van der Waals surface area contributed by atoms with Crippen molar-refractivity contribution < 1.29 is 27.2 Å². The van der Waals surface area contributed by atoms with Crippen LogP contribution in [0, 0.1) is 5.82 Å². The van der Waals surface area contributed by atoms with E-state index in [1.807, 2.05) is 0 Å². The van der Waals surface area contributed by atoms with Crippen LogP contribution in [0.15, 0.2) is 79.1 Å². The molecule has 7 nitrogen and oxygen atoms in total. The van der Waals surface area contributed by atoms with E-state index in [0.29, 0.717) is 28.4 Å². The Morgan fingerprint density at radius 3 is 2.35 bits per heavy atom. The molecule has 2 aromatic heterocycles. The van der Waals surface area contributed by atoms with Crippen LogP contribution in [0.4, 0.5) is 23.4 Å². The van der Waals surface area contributed by atoms with Crippen molar-refractivity contribution in [2.45, 2.75) is 6.18 Å². The first-order chi connectivity index (χ1) is 17.8. The lowest BCUT2D eigenvalue weighted by molar-refractivity contribution is -0.137. The van der Waals surface area contributed by atoms with Crippen molar-refractivity contribution >= 4 is 28.9 Å². The summed E-state index contributed by atoms with van der Waals surface area (Å²) in [6.45, 7) is 0. The van der Waals surface area contributed by atoms with Crippen LogP contribution in [0.3, 0.4) is 0 Å². The Hall–Kier alpha value is -4.93. The van der Waals surface area contributed by atoms with E-state index in [9.17, 15) is 27.2 Å². The summed E-state index contributed by atoms with van der Waals surface area (Å²) in [5.41, 5.74) is -1.23. The summed E-state index contributed by atoms with van der Waals surface area (Å²) in [6.07, 6.45) is -1.79. The lowest BCUT2D eigenvalue weighted by Crippen LogP contribution is -2.18. The summed E-state index contributed by atoms with van der Waals surface area (Å²) in [5.74, 6) is -2.56. The van der Waals surface area contributed by atoms with Gasteiger partial charge in [0.2, 0.25) is 0 Å². The molecule has 0 radical (unpaired) electrons. The number of fused-ring (bicyclic) bond motifs is 1. The summed E-state index contributed by atoms with van der Waals surface area (Å²) in [5, 5.41) is 7.46. The molecule has 0 saturated carbocycles. The van der Waals surface area contributed by atoms with Crippen molar-refractivity contribution in [1.29, 1.82) is 0 Å². The van der Waals surface area contributed by atoms with Gasteiger partial charge in [-0.25, -0.2) is 19.0 Å². The molecule has 2 heterocycles. The van der Waals surface area contributed by atoms with Crippen LogP contribution >= 0.6 is 0 Å². The van der Waals surface area contributed by atoms with Crippen molar-refractivity contribution in [2.75, 3.05) is 5.32 Å². The van der Waals surface area contributed by atoms with E-state index in [-0.39, 0.29) is 17.7 Å². The highest BCUT2D eigenvalue weighted by molar-refractivity contribution is 6.09. The molecule has 5 aromatic rings. The van der Waals surface area contributed by atoms with Gasteiger partial charge in [0.15, 0.2) is 5.82 Å². The van der Waals surface area contributed by atoms with Crippen LogP contribution in [-0.4, -0.2) is 31.9 Å². The van der Waals surface area contributed by atoms with Crippen LogP contribution in [0.1, 0.15) is 26.3 Å². The van der Waals surface area contributed by atoms with Gasteiger partial charge in [-0.1, -0.05) is 24.3 Å². The minimum atomic E-state index is -4.91. The Kier molecular flexibility index (Phi) is 5.96. The molecule has 3 aromatic carbocycles. The number of rotatable bonds is 5. The van der Waals surface area contributed by atoms with Gasteiger partial charge in [0.25, 0.3) is 5.91 Å². The third-order valence-corrected chi connectivity index (χ3v) is 5.53. The summed E-state index contributed by atoms with van der Waals surface area (Å²) < 4.78 is 57.3. The Labute approximate surface area is 206 Å². The Morgan fingerprint density at radius 2 is 1.68 bits per heavy atom. The zero-order chi connectivity index (χ0) is 26.2. The number of hydrogen-bond acceptors (Lipinski definition) is 5. The summed E-state index contributed by atoms with van der Waals surface area (Å²) in [4.78, 5) is 32.1. The highest BCUT2D eigenvalue weighted by atomic mass is 19.4. The van der Waals surface area contributed by atoms with Crippen molar-refractivity contribution in [3.63, 3.8) is 0 Å². The molecular formula is C26H15F4N5O2. The zero-order valence-corrected chi connectivity index (χ0v) is 18.7. The monoisotopic (exact) mass is 505 g/mol. The lowest BCUT2D eigenvalue weighted by Gasteiger charge is -2.15. The number of nitrogens with zero attached hydrogens (tertiary/aromatic N) is 4. The molecule has 37 heavy (non-hydrogen) atoms. The van der Waals surface area contributed by atoms with Crippen LogP contribution in [-0.2, 0) is 6.18 Å². The highest BCUT2D eigenvalue weighted by Gasteiger charge is 2.36. The molecule has 0 bridgehead atoms. The highest BCUT2D eigenvalue weighted by Crippen LogP contribution is 2.38. The molecular weight excluding hydrogens is 490 g/mol. The van der Waals surface area contributed by atoms with Gasteiger partial charge in [0, 0.05) is 28.9 Å². The summed E-state index contributed by atoms with van der Waals surface area (Å²) in [6, 6.07) is 15.7. The van der Waals surface area contributed by atoms with Crippen LogP contribution < -0.4 is 5.32 Å². The quantitative estimate of drug-likeness (QED) is 0.244. The molecule has 184 valence electrons. The van der Waals surface area contributed by atoms with Gasteiger partial charge in [-0.3, -0.25) is 9.59 Å². The predicted octanol–water partition coefficient (Wildman–Crippen LogP) is 5.71. The summed E-state index contributed by atoms with van der Waals surface area (Å²) >= 11 is 0. The van der Waals surface area contributed by atoms with E-state index in [1.165, 1.54) is 35.3 Å². The number of benzene rings is 3. The number of nitrogens with one attached hydrogen (secondary N) is 1.